The number of carbonyl (C=O) groups is 1. The fourth-order valence-electron chi connectivity index (χ4n) is 1.38. The van der Waals surface area contributed by atoms with E-state index in [1.807, 2.05) is 12.1 Å². The number of ether oxygens (including phenoxy) is 2. The fraction of sp³-hybridized carbons (Fsp3) is 0.462. The number of benzene rings is 1. The average molecular weight is 254 g/mol. The molecule has 0 amide bonds. The van der Waals surface area contributed by atoms with Gasteiger partial charge in [-0.15, -0.1) is 0 Å². The van der Waals surface area contributed by atoms with Crippen molar-refractivity contribution >= 4 is 5.97 Å². The Balaban J connectivity index is 2.55. The molecule has 5 nitrogen and oxygen atoms in total. The molecular formula is C13H18O5. The minimum Gasteiger partial charge on any atom is -0.490 e. The van der Waals surface area contributed by atoms with Crippen LogP contribution in [0.4, 0.5) is 0 Å². The van der Waals surface area contributed by atoms with Gasteiger partial charge in [-0.05, 0) is 31.0 Å². The van der Waals surface area contributed by atoms with Crippen molar-refractivity contribution in [3.8, 4) is 5.75 Å². The van der Waals surface area contributed by atoms with E-state index in [2.05, 4.69) is 4.74 Å². The maximum absolute atomic E-state index is 11.2. The largest absolute Gasteiger partial charge is 0.490 e. The van der Waals surface area contributed by atoms with Crippen molar-refractivity contribution in [3.05, 3.63) is 29.8 Å². The Morgan fingerprint density at radius 2 is 1.94 bits per heavy atom. The average Bonchev–Trinajstić information content (AvgIpc) is 2.37. The van der Waals surface area contributed by atoms with Crippen LogP contribution < -0.4 is 4.74 Å². The Kier molecular flexibility index (Phi) is 5.12. The molecular weight excluding hydrogens is 236 g/mol. The highest BCUT2D eigenvalue weighted by Gasteiger charge is 2.32. The lowest BCUT2D eigenvalue weighted by molar-refractivity contribution is -0.163. The highest BCUT2D eigenvalue weighted by Crippen LogP contribution is 2.15. The van der Waals surface area contributed by atoms with Crippen molar-refractivity contribution in [1.29, 1.82) is 0 Å². The number of aliphatic hydroxyl groups is 2. The second-order valence-electron chi connectivity index (χ2n) is 4.17. The van der Waals surface area contributed by atoms with Gasteiger partial charge in [-0.3, -0.25) is 0 Å². The van der Waals surface area contributed by atoms with Gasteiger partial charge in [0, 0.05) is 6.61 Å². The van der Waals surface area contributed by atoms with Crippen molar-refractivity contribution in [3.63, 3.8) is 0 Å². The SMILES string of the molecule is COC(=O)C(C)(O)COc1ccc(CCO)cc1. The van der Waals surface area contributed by atoms with Gasteiger partial charge in [0.25, 0.3) is 0 Å². The normalized spacial score (nSPS) is 13.8. The Hall–Kier alpha value is -1.59. The molecule has 1 atom stereocenters. The highest BCUT2D eigenvalue weighted by atomic mass is 16.6. The predicted molar refractivity (Wildman–Crippen MR) is 65.4 cm³/mol. The van der Waals surface area contributed by atoms with E-state index in [0.29, 0.717) is 12.2 Å². The molecule has 0 saturated heterocycles. The number of hydrogen-bond acceptors (Lipinski definition) is 5. The first-order chi connectivity index (χ1) is 8.49. The van der Waals surface area contributed by atoms with Gasteiger partial charge in [0.1, 0.15) is 12.4 Å². The number of hydrogen-bond donors (Lipinski definition) is 2. The Labute approximate surface area is 106 Å². The molecule has 0 aliphatic heterocycles. The fourth-order valence-corrected chi connectivity index (χ4v) is 1.38. The highest BCUT2D eigenvalue weighted by molar-refractivity contribution is 5.78. The van der Waals surface area contributed by atoms with E-state index in [9.17, 15) is 9.90 Å². The lowest BCUT2D eigenvalue weighted by atomic mass is 10.1. The summed E-state index contributed by atoms with van der Waals surface area (Å²) >= 11 is 0. The van der Waals surface area contributed by atoms with Crippen molar-refractivity contribution in [2.24, 2.45) is 0 Å². The molecule has 5 heteroatoms. The number of methoxy groups -OCH3 is 1. The number of aliphatic hydroxyl groups excluding tert-OH is 1. The monoisotopic (exact) mass is 254 g/mol. The molecule has 1 aromatic rings. The van der Waals surface area contributed by atoms with Crippen LogP contribution in [-0.2, 0) is 16.0 Å². The molecule has 18 heavy (non-hydrogen) atoms. The summed E-state index contributed by atoms with van der Waals surface area (Å²) in [4.78, 5) is 11.2. The van der Waals surface area contributed by atoms with Gasteiger partial charge in [-0.1, -0.05) is 12.1 Å². The zero-order valence-corrected chi connectivity index (χ0v) is 10.5. The molecule has 0 saturated carbocycles. The Bertz CT molecular complexity index is 383. The summed E-state index contributed by atoms with van der Waals surface area (Å²) in [5.74, 6) is -0.194. The second-order valence-corrected chi connectivity index (χ2v) is 4.17. The topological polar surface area (TPSA) is 76.0 Å². The van der Waals surface area contributed by atoms with Gasteiger partial charge < -0.3 is 19.7 Å². The molecule has 0 aromatic heterocycles. The van der Waals surface area contributed by atoms with E-state index >= 15 is 0 Å². The molecule has 2 N–H and O–H groups in total. The quantitative estimate of drug-likeness (QED) is 0.724. The molecule has 0 aliphatic carbocycles. The van der Waals surface area contributed by atoms with Crippen LogP contribution in [0.5, 0.6) is 5.75 Å². The standard InChI is InChI=1S/C13H18O5/c1-13(16,12(15)17-2)9-18-11-5-3-10(4-6-11)7-8-14/h3-6,14,16H,7-9H2,1-2H3. The maximum Gasteiger partial charge on any atom is 0.341 e. The van der Waals surface area contributed by atoms with Gasteiger partial charge in [-0.25, -0.2) is 4.79 Å². The van der Waals surface area contributed by atoms with Gasteiger partial charge in [0.2, 0.25) is 0 Å². The van der Waals surface area contributed by atoms with E-state index in [1.54, 1.807) is 12.1 Å². The molecule has 1 unspecified atom stereocenters. The van der Waals surface area contributed by atoms with Crippen LogP contribution in [0.2, 0.25) is 0 Å². The smallest absolute Gasteiger partial charge is 0.341 e. The molecule has 100 valence electrons. The van der Waals surface area contributed by atoms with E-state index in [0.717, 1.165) is 5.56 Å². The van der Waals surface area contributed by atoms with Crippen molar-refractivity contribution in [1.82, 2.24) is 0 Å². The zero-order chi connectivity index (χ0) is 13.6. The van der Waals surface area contributed by atoms with Gasteiger partial charge >= 0.3 is 5.97 Å². The maximum atomic E-state index is 11.2. The Morgan fingerprint density at radius 3 is 2.44 bits per heavy atom. The van der Waals surface area contributed by atoms with Crippen LogP contribution in [0.15, 0.2) is 24.3 Å². The van der Waals surface area contributed by atoms with Crippen LogP contribution in [-0.4, -0.2) is 42.1 Å². The van der Waals surface area contributed by atoms with E-state index in [4.69, 9.17) is 9.84 Å². The van der Waals surface area contributed by atoms with Crippen molar-refractivity contribution in [2.45, 2.75) is 18.9 Å². The first-order valence-electron chi connectivity index (χ1n) is 5.63. The van der Waals surface area contributed by atoms with Crippen molar-refractivity contribution in [2.75, 3.05) is 20.3 Å². The van der Waals surface area contributed by atoms with Crippen LogP contribution in [0.25, 0.3) is 0 Å². The lowest BCUT2D eigenvalue weighted by Crippen LogP contribution is -2.42. The minimum atomic E-state index is -1.67. The van der Waals surface area contributed by atoms with Crippen LogP contribution in [0, 0.1) is 0 Å². The predicted octanol–water partition coefficient (Wildman–Crippen LogP) is 0.524. The summed E-state index contributed by atoms with van der Waals surface area (Å²) in [6.07, 6.45) is 0.583. The minimum absolute atomic E-state index is 0.0945. The first kappa shape index (κ1) is 14.5. The Morgan fingerprint density at radius 1 is 1.33 bits per heavy atom. The number of rotatable bonds is 6. The first-order valence-corrected chi connectivity index (χ1v) is 5.63. The summed E-state index contributed by atoms with van der Waals surface area (Å²) in [5.41, 5.74) is -0.678. The second kappa shape index (κ2) is 6.37. The van der Waals surface area contributed by atoms with Crippen LogP contribution in [0.3, 0.4) is 0 Å². The summed E-state index contributed by atoms with van der Waals surface area (Å²) in [6, 6.07) is 7.08. The number of esters is 1. The molecule has 0 fully saturated rings. The third-order valence-corrected chi connectivity index (χ3v) is 2.47. The third kappa shape index (κ3) is 4.01. The van der Waals surface area contributed by atoms with Gasteiger partial charge in [0.05, 0.1) is 7.11 Å². The van der Waals surface area contributed by atoms with E-state index < -0.39 is 11.6 Å². The summed E-state index contributed by atoms with van der Waals surface area (Å²) < 4.78 is 9.77. The van der Waals surface area contributed by atoms with Gasteiger partial charge in [0.15, 0.2) is 5.60 Å². The molecule has 0 radical (unpaired) electrons. The summed E-state index contributed by atoms with van der Waals surface area (Å²) in [7, 11) is 1.21. The molecule has 0 aliphatic rings. The van der Waals surface area contributed by atoms with E-state index in [1.165, 1.54) is 14.0 Å². The zero-order valence-electron chi connectivity index (χ0n) is 10.5. The molecule has 1 aromatic carbocycles. The molecule has 0 bridgehead atoms. The van der Waals surface area contributed by atoms with E-state index in [-0.39, 0.29) is 13.2 Å². The number of carbonyl (C=O) groups excluding carboxylic acids is 1. The summed E-state index contributed by atoms with van der Waals surface area (Å²) in [5, 5.41) is 18.5. The molecule has 0 spiro atoms. The third-order valence-electron chi connectivity index (χ3n) is 2.47. The molecule has 0 heterocycles. The van der Waals surface area contributed by atoms with Crippen molar-refractivity contribution < 1.29 is 24.5 Å². The van der Waals surface area contributed by atoms with Crippen LogP contribution in [0.1, 0.15) is 12.5 Å². The lowest BCUT2D eigenvalue weighted by Gasteiger charge is -2.20. The molecule has 1 rings (SSSR count). The van der Waals surface area contributed by atoms with Crippen LogP contribution >= 0.6 is 0 Å². The summed E-state index contributed by atoms with van der Waals surface area (Å²) in [6.45, 7) is 1.25. The van der Waals surface area contributed by atoms with Gasteiger partial charge in [-0.2, -0.15) is 0 Å².